The molecule has 2 N–H and O–H groups in total. The number of imidazole rings is 1. The Morgan fingerprint density at radius 2 is 1.97 bits per heavy atom. The highest BCUT2D eigenvalue weighted by Crippen LogP contribution is 2.32. The van der Waals surface area contributed by atoms with E-state index in [1.165, 1.54) is 19.6 Å². The summed E-state index contributed by atoms with van der Waals surface area (Å²) in [5, 5.41) is 13.1. The summed E-state index contributed by atoms with van der Waals surface area (Å²) in [6.45, 7) is 1.27. The van der Waals surface area contributed by atoms with Crippen LogP contribution in [-0.4, -0.2) is 61.1 Å². The fourth-order valence-electron chi connectivity index (χ4n) is 3.48. The summed E-state index contributed by atoms with van der Waals surface area (Å²) in [7, 11) is 0. The van der Waals surface area contributed by atoms with Crippen LogP contribution >= 0.6 is 0 Å². The number of rotatable bonds is 8. The first kappa shape index (κ1) is 22.5. The van der Waals surface area contributed by atoms with Crippen LogP contribution in [0.2, 0.25) is 0 Å². The first-order chi connectivity index (χ1) is 15.9. The molecular formula is C22H23N5O6. The van der Waals surface area contributed by atoms with Gasteiger partial charge in [-0.2, -0.15) is 0 Å². The Bertz CT molecular complexity index is 1160. The molecule has 1 aliphatic heterocycles. The van der Waals surface area contributed by atoms with Gasteiger partial charge in [-0.25, -0.2) is 15.0 Å². The fraction of sp³-hybridized carbons (Fsp3) is 0.364. The second-order valence-corrected chi connectivity index (χ2v) is 7.68. The Kier molecular flexibility index (Phi) is 6.71. The number of carbonyl (C=O) groups is 3. The van der Waals surface area contributed by atoms with Gasteiger partial charge in [0.05, 0.1) is 18.9 Å². The summed E-state index contributed by atoms with van der Waals surface area (Å²) in [6, 6.07) is 8.72. The number of anilines is 1. The Morgan fingerprint density at radius 1 is 1.18 bits per heavy atom. The SMILES string of the molecule is CC(=O)CCC(=O)OC[C@@H]1O[C@H](n2cnc3c(NC(=O)c4ccccc4)ncnc32)C[C@H]1O. The van der Waals surface area contributed by atoms with Crippen LogP contribution < -0.4 is 5.32 Å². The number of benzene rings is 1. The second-order valence-electron chi connectivity index (χ2n) is 7.68. The van der Waals surface area contributed by atoms with E-state index in [0.717, 1.165) is 0 Å². The van der Waals surface area contributed by atoms with E-state index in [4.69, 9.17) is 9.47 Å². The van der Waals surface area contributed by atoms with Crippen LogP contribution in [0.25, 0.3) is 11.2 Å². The van der Waals surface area contributed by atoms with Gasteiger partial charge >= 0.3 is 5.97 Å². The number of esters is 1. The number of Topliss-reactive ketones (excluding diaryl/α,β-unsaturated/α-hetero) is 1. The number of aliphatic hydroxyl groups is 1. The number of nitrogens with one attached hydrogen (secondary N) is 1. The van der Waals surface area contributed by atoms with Crippen molar-refractivity contribution in [3.05, 3.63) is 48.5 Å². The quantitative estimate of drug-likeness (QED) is 0.486. The monoisotopic (exact) mass is 453 g/mol. The maximum absolute atomic E-state index is 12.5. The zero-order valence-electron chi connectivity index (χ0n) is 17.9. The van der Waals surface area contributed by atoms with Crippen molar-refractivity contribution in [1.82, 2.24) is 19.5 Å². The van der Waals surface area contributed by atoms with Crippen LogP contribution in [0.4, 0.5) is 5.82 Å². The molecule has 33 heavy (non-hydrogen) atoms. The number of aromatic nitrogens is 4. The van der Waals surface area contributed by atoms with Crippen molar-refractivity contribution in [1.29, 1.82) is 0 Å². The van der Waals surface area contributed by atoms with E-state index in [0.29, 0.717) is 16.7 Å². The van der Waals surface area contributed by atoms with Crippen LogP contribution in [0.3, 0.4) is 0 Å². The van der Waals surface area contributed by atoms with E-state index in [1.54, 1.807) is 28.8 Å². The van der Waals surface area contributed by atoms with Gasteiger partial charge in [0.1, 0.15) is 31.0 Å². The van der Waals surface area contributed by atoms with Gasteiger partial charge in [0.15, 0.2) is 17.0 Å². The second kappa shape index (κ2) is 9.84. The fourth-order valence-corrected chi connectivity index (χ4v) is 3.48. The number of amides is 1. The Labute approximate surface area is 188 Å². The van der Waals surface area contributed by atoms with Gasteiger partial charge in [0, 0.05) is 18.4 Å². The summed E-state index contributed by atoms with van der Waals surface area (Å²) in [5.74, 6) is -0.701. The van der Waals surface area contributed by atoms with Crippen LogP contribution in [0.1, 0.15) is 42.8 Å². The average molecular weight is 453 g/mol. The molecule has 3 aromatic rings. The minimum atomic E-state index is -0.868. The number of hydrogen-bond donors (Lipinski definition) is 2. The normalized spacial score (nSPS) is 20.0. The Morgan fingerprint density at radius 3 is 2.73 bits per heavy atom. The molecule has 0 saturated carbocycles. The van der Waals surface area contributed by atoms with Gasteiger partial charge in [0.25, 0.3) is 5.91 Å². The molecule has 0 unspecified atom stereocenters. The van der Waals surface area contributed by atoms with E-state index in [-0.39, 0.29) is 43.4 Å². The van der Waals surface area contributed by atoms with E-state index in [9.17, 15) is 19.5 Å². The van der Waals surface area contributed by atoms with Gasteiger partial charge in [0.2, 0.25) is 0 Å². The minimum absolute atomic E-state index is 0.0118. The molecule has 1 saturated heterocycles. The number of fused-ring (bicyclic) bond motifs is 1. The molecule has 1 aliphatic rings. The number of carbonyl (C=O) groups excluding carboxylic acids is 3. The lowest BCUT2D eigenvalue weighted by atomic mass is 10.2. The average Bonchev–Trinajstić information content (AvgIpc) is 3.40. The summed E-state index contributed by atoms with van der Waals surface area (Å²) in [5.41, 5.74) is 1.27. The number of aliphatic hydroxyl groups excluding tert-OH is 1. The lowest BCUT2D eigenvalue weighted by Crippen LogP contribution is -2.28. The smallest absolute Gasteiger partial charge is 0.306 e. The van der Waals surface area contributed by atoms with Crippen molar-refractivity contribution in [3.63, 3.8) is 0 Å². The van der Waals surface area contributed by atoms with Crippen LogP contribution in [0.5, 0.6) is 0 Å². The third-order valence-corrected chi connectivity index (χ3v) is 5.23. The molecular weight excluding hydrogens is 430 g/mol. The zero-order valence-corrected chi connectivity index (χ0v) is 17.9. The standard InChI is InChI=1S/C22H23N5O6/c1-13(28)7-8-18(30)32-10-16-15(29)9-17(33-16)27-12-25-19-20(23-11-24-21(19)27)26-22(31)14-5-3-2-4-6-14/h2-6,11-12,15-17,29H,7-10H2,1H3,(H,23,24,26,31)/t15-,16+,17+/m1/s1. The Balaban J connectivity index is 1.44. The Hall–Kier alpha value is -3.70. The first-order valence-electron chi connectivity index (χ1n) is 10.4. The number of hydrogen-bond acceptors (Lipinski definition) is 9. The van der Waals surface area contributed by atoms with Crippen LogP contribution in [0, 0.1) is 0 Å². The van der Waals surface area contributed by atoms with Gasteiger partial charge in [-0.1, -0.05) is 18.2 Å². The minimum Gasteiger partial charge on any atom is -0.463 e. The van der Waals surface area contributed by atoms with Crippen molar-refractivity contribution in [2.24, 2.45) is 0 Å². The van der Waals surface area contributed by atoms with Crippen LogP contribution in [0.15, 0.2) is 43.0 Å². The zero-order chi connectivity index (χ0) is 23.4. The third-order valence-electron chi connectivity index (χ3n) is 5.23. The summed E-state index contributed by atoms with van der Waals surface area (Å²) in [4.78, 5) is 47.9. The molecule has 1 fully saturated rings. The first-order valence-corrected chi connectivity index (χ1v) is 10.4. The van der Waals surface area contributed by atoms with Crippen LogP contribution in [-0.2, 0) is 19.1 Å². The van der Waals surface area contributed by atoms with Gasteiger partial charge in [-0.3, -0.25) is 14.2 Å². The highest BCUT2D eigenvalue weighted by atomic mass is 16.6. The number of ketones is 1. The van der Waals surface area contributed by atoms with Crippen molar-refractivity contribution < 1.29 is 29.0 Å². The number of ether oxygens (including phenoxy) is 2. The van der Waals surface area contributed by atoms with E-state index >= 15 is 0 Å². The molecule has 11 nitrogen and oxygen atoms in total. The lowest BCUT2D eigenvalue weighted by Gasteiger charge is -2.16. The summed E-state index contributed by atoms with van der Waals surface area (Å²) < 4.78 is 12.6. The van der Waals surface area contributed by atoms with Gasteiger partial charge in [-0.05, 0) is 19.1 Å². The maximum atomic E-state index is 12.5. The predicted octanol–water partition coefficient (Wildman–Crippen LogP) is 1.64. The van der Waals surface area contributed by atoms with Crippen molar-refractivity contribution in [3.8, 4) is 0 Å². The number of nitrogens with zero attached hydrogens (tertiary/aromatic N) is 4. The molecule has 1 amide bonds. The molecule has 4 rings (SSSR count). The lowest BCUT2D eigenvalue weighted by molar-refractivity contribution is -0.150. The maximum Gasteiger partial charge on any atom is 0.306 e. The van der Waals surface area contributed by atoms with Crippen molar-refractivity contribution >= 4 is 34.6 Å². The molecule has 0 aliphatic carbocycles. The molecule has 3 heterocycles. The molecule has 2 aromatic heterocycles. The van der Waals surface area contributed by atoms with E-state index < -0.39 is 24.4 Å². The molecule has 0 bridgehead atoms. The molecule has 172 valence electrons. The van der Waals surface area contributed by atoms with E-state index in [1.807, 2.05) is 6.07 Å². The molecule has 1 aromatic carbocycles. The van der Waals surface area contributed by atoms with Crippen molar-refractivity contribution in [2.75, 3.05) is 11.9 Å². The molecule has 0 spiro atoms. The summed E-state index contributed by atoms with van der Waals surface area (Å²) >= 11 is 0. The third kappa shape index (κ3) is 5.21. The predicted molar refractivity (Wildman–Crippen MR) is 115 cm³/mol. The van der Waals surface area contributed by atoms with E-state index in [2.05, 4.69) is 20.3 Å². The molecule has 11 heteroatoms. The highest BCUT2D eigenvalue weighted by Gasteiger charge is 2.36. The highest BCUT2D eigenvalue weighted by molar-refractivity contribution is 6.06. The van der Waals surface area contributed by atoms with Gasteiger partial charge in [-0.15, -0.1) is 0 Å². The largest absolute Gasteiger partial charge is 0.463 e. The summed E-state index contributed by atoms with van der Waals surface area (Å²) in [6.07, 6.45) is 0.938. The molecule has 3 atom stereocenters. The van der Waals surface area contributed by atoms with Gasteiger partial charge < -0.3 is 24.7 Å². The molecule has 0 radical (unpaired) electrons. The van der Waals surface area contributed by atoms with Crippen molar-refractivity contribution in [2.45, 2.75) is 44.6 Å². The topological polar surface area (TPSA) is 146 Å².